The Hall–Kier alpha value is -1.45. The smallest absolute Gasteiger partial charge is 0.359 e. The lowest BCUT2D eigenvalue weighted by molar-refractivity contribution is 0.0873. The van der Waals surface area contributed by atoms with Gasteiger partial charge in [0, 0.05) is 0 Å². The molecule has 0 bridgehead atoms. The fraction of sp³-hybridized carbons (Fsp3) is 0.429. The predicted octanol–water partition coefficient (Wildman–Crippen LogP) is 5.51. The maximum Gasteiger partial charge on any atom is 0.359 e. The minimum atomic E-state index is -3.65. The van der Waals surface area contributed by atoms with Crippen LogP contribution in [0.5, 0.6) is 0 Å². The van der Waals surface area contributed by atoms with Crippen LogP contribution in [0, 0.1) is 5.92 Å². The van der Waals surface area contributed by atoms with Gasteiger partial charge in [-0.3, -0.25) is 4.57 Å². The third-order valence-corrected chi connectivity index (χ3v) is 6.95. The van der Waals surface area contributed by atoms with Crippen molar-refractivity contribution in [3.8, 4) is 0 Å². The van der Waals surface area contributed by atoms with Gasteiger partial charge in [0.15, 0.2) is 5.85 Å². The van der Waals surface area contributed by atoms with Crippen LogP contribution in [-0.4, -0.2) is 11.0 Å². The van der Waals surface area contributed by atoms with Crippen LogP contribution >= 0.6 is 7.60 Å². The Bertz CT molecular complexity index is 651. The van der Waals surface area contributed by atoms with E-state index in [1.807, 2.05) is 60.7 Å². The molecule has 2 aromatic carbocycles. The van der Waals surface area contributed by atoms with Crippen molar-refractivity contribution in [1.82, 2.24) is 0 Å². The van der Waals surface area contributed by atoms with E-state index in [1.165, 1.54) is 6.42 Å². The first-order valence-electron chi connectivity index (χ1n) is 9.32. The van der Waals surface area contributed by atoms with E-state index in [-0.39, 0.29) is 19.1 Å². The van der Waals surface area contributed by atoms with Crippen molar-refractivity contribution >= 4 is 7.60 Å². The first kappa shape index (κ1) is 19.3. The minimum absolute atomic E-state index is 0.0267. The lowest BCUT2D eigenvalue weighted by atomic mass is 9.90. The largest absolute Gasteiger partial charge is 0.380 e. The molecule has 1 saturated carbocycles. The van der Waals surface area contributed by atoms with E-state index in [4.69, 9.17) is 9.05 Å². The molecule has 4 nitrogen and oxygen atoms in total. The fourth-order valence-electron chi connectivity index (χ4n) is 3.36. The zero-order valence-electron chi connectivity index (χ0n) is 15.0. The van der Waals surface area contributed by atoms with Gasteiger partial charge in [-0.15, -0.1) is 0 Å². The van der Waals surface area contributed by atoms with E-state index in [1.54, 1.807) is 0 Å². The molecule has 1 N–H and O–H groups in total. The Morgan fingerprint density at radius 3 is 1.77 bits per heavy atom. The maximum atomic E-state index is 13.5. The van der Waals surface area contributed by atoms with Crippen LogP contribution < -0.4 is 0 Å². The highest BCUT2D eigenvalue weighted by molar-refractivity contribution is 7.54. The Morgan fingerprint density at radius 1 is 0.846 bits per heavy atom. The van der Waals surface area contributed by atoms with Gasteiger partial charge in [-0.2, -0.15) is 0 Å². The summed E-state index contributed by atoms with van der Waals surface area (Å²) in [5.74, 6) is -1.10. The predicted molar refractivity (Wildman–Crippen MR) is 103 cm³/mol. The molecule has 0 spiro atoms. The summed E-state index contributed by atoms with van der Waals surface area (Å²) >= 11 is 0. The second kappa shape index (κ2) is 9.48. The average molecular weight is 374 g/mol. The average Bonchev–Trinajstić information content (AvgIpc) is 2.72. The van der Waals surface area contributed by atoms with E-state index in [9.17, 15) is 9.67 Å². The molecular formula is C21H27O4P. The second-order valence-electron chi connectivity index (χ2n) is 6.87. The van der Waals surface area contributed by atoms with Crippen molar-refractivity contribution in [2.75, 3.05) is 0 Å². The summed E-state index contributed by atoms with van der Waals surface area (Å²) in [7, 11) is -3.65. The summed E-state index contributed by atoms with van der Waals surface area (Å²) < 4.78 is 24.9. The fourth-order valence-corrected chi connectivity index (χ4v) is 5.21. The highest BCUT2D eigenvalue weighted by Crippen LogP contribution is 2.57. The van der Waals surface area contributed by atoms with Gasteiger partial charge in [0.25, 0.3) is 0 Å². The van der Waals surface area contributed by atoms with Crippen molar-refractivity contribution in [2.45, 2.75) is 51.2 Å². The molecule has 0 aliphatic heterocycles. The van der Waals surface area contributed by atoms with Crippen LogP contribution in [0.1, 0.15) is 43.2 Å². The zero-order chi connectivity index (χ0) is 18.2. The summed E-state index contributed by atoms with van der Waals surface area (Å²) in [6, 6.07) is 19.1. The lowest BCUT2D eigenvalue weighted by Crippen LogP contribution is -2.25. The number of aliphatic hydroxyl groups excluding tert-OH is 1. The highest BCUT2D eigenvalue weighted by Gasteiger charge is 2.40. The summed E-state index contributed by atoms with van der Waals surface area (Å²) in [4.78, 5) is 0. The zero-order valence-corrected chi connectivity index (χ0v) is 15.9. The van der Waals surface area contributed by atoms with Crippen molar-refractivity contribution in [3.05, 3.63) is 71.8 Å². The second-order valence-corrected chi connectivity index (χ2v) is 8.99. The van der Waals surface area contributed by atoms with Gasteiger partial charge < -0.3 is 14.2 Å². The minimum Gasteiger partial charge on any atom is -0.380 e. The van der Waals surface area contributed by atoms with Crippen LogP contribution in [0.3, 0.4) is 0 Å². The lowest BCUT2D eigenvalue weighted by Gasteiger charge is -2.31. The van der Waals surface area contributed by atoms with Gasteiger partial charge >= 0.3 is 7.60 Å². The first-order chi connectivity index (χ1) is 12.7. The number of benzene rings is 2. The number of hydrogen-bond acceptors (Lipinski definition) is 4. The van der Waals surface area contributed by atoms with Gasteiger partial charge in [-0.1, -0.05) is 79.9 Å². The molecule has 0 amide bonds. The van der Waals surface area contributed by atoms with Crippen molar-refractivity contribution < 1.29 is 18.7 Å². The molecular weight excluding hydrogens is 347 g/mol. The Balaban J connectivity index is 1.71. The summed E-state index contributed by atoms with van der Waals surface area (Å²) in [5, 5.41) is 10.8. The van der Waals surface area contributed by atoms with Crippen LogP contribution in [0.15, 0.2) is 60.7 Å². The monoisotopic (exact) mass is 374 g/mol. The molecule has 0 heterocycles. The standard InChI is InChI=1S/C21H27O4P/c22-21(20-14-8-3-9-15-20)26(23,24-16-18-10-4-1-5-11-18)25-17-19-12-6-2-7-13-19/h1-2,4-7,10-13,20-22H,3,8-9,14-17H2. The SMILES string of the molecule is O=P(OCc1ccccc1)(OCc1ccccc1)C(O)C1CCCCC1. The molecule has 1 unspecified atom stereocenters. The Kier molecular flexibility index (Phi) is 7.04. The molecule has 1 atom stereocenters. The number of aliphatic hydroxyl groups is 1. The van der Waals surface area contributed by atoms with Gasteiger partial charge in [-0.05, 0) is 29.9 Å². The molecule has 1 aliphatic rings. The highest BCUT2D eigenvalue weighted by atomic mass is 31.2. The molecule has 2 aromatic rings. The van der Waals surface area contributed by atoms with Crippen molar-refractivity contribution in [3.63, 3.8) is 0 Å². The maximum absolute atomic E-state index is 13.5. The molecule has 1 aliphatic carbocycles. The van der Waals surface area contributed by atoms with E-state index in [2.05, 4.69) is 0 Å². The van der Waals surface area contributed by atoms with Crippen molar-refractivity contribution in [1.29, 1.82) is 0 Å². The summed E-state index contributed by atoms with van der Waals surface area (Å²) in [5.41, 5.74) is 1.82. The van der Waals surface area contributed by atoms with Crippen LogP contribution in [0.2, 0.25) is 0 Å². The van der Waals surface area contributed by atoms with E-state index >= 15 is 0 Å². The molecule has 0 radical (unpaired) electrons. The van der Waals surface area contributed by atoms with E-state index in [0.717, 1.165) is 36.8 Å². The molecule has 3 rings (SSSR count). The van der Waals surface area contributed by atoms with Gasteiger partial charge in [0.2, 0.25) is 0 Å². The quantitative estimate of drug-likeness (QED) is 0.619. The molecule has 1 fully saturated rings. The third kappa shape index (κ3) is 5.28. The van der Waals surface area contributed by atoms with Crippen molar-refractivity contribution in [2.24, 2.45) is 5.92 Å². The van der Waals surface area contributed by atoms with Gasteiger partial charge in [0.05, 0.1) is 13.2 Å². The molecule has 26 heavy (non-hydrogen) atoms. The molecule has 140 valence electrons. The summed E-state index contributed by atoms with van der Waals surface area (Å²) in [6.45, 7) is 0.327. The normalized spacial score (nSPS) is 17.1. The third-order valence-electron chi connectivity index (χ3n) is 4.90. The number of rotatable bonds is 8. The van der Waals surface area contributed by atoms with Gasteiger partial charge in [0.1, 0.15) is 0 Å². The Labute approximate surface area is 155 Å². The van der Waals surface area contributed by atoms with Crippen LogP contribution in [0.4, 0.5) is 0 Å². The van der Waals surface area contributed by atoms with E-state index in [0.29, 0.717) is 0 Å². The Morgan fingerprint density at radius 2 is 1.31 bits per heavy atom. The molecule has 0 aromatic heterocycles. The molecule has 0 saturated heterocycles. The first-order valence-corrected chi connectivity index (χ1v) is 10.9. The number of hydrogen-bond donors (Lipinski definition) is 1. The summed E-state index contributed by atoms with van der Waals surface area (Å²) in [6.07, 6.45) is 5.02. The topological polar surface area (TPSA) is 55.8 Å². The van der Waals surface area contributed by atoms with E-state index < -0.39 is 13.4 Å². The van der Waals surface area contributed by atoms with Gasteiger partial charge in [-0.25, -0.2) is 0 Å². The van der Waals surface area contributed by atoms with Crippen LogP contribution in [-0.2, 0) is 26.8 Å². The van der Waals surface area contributed by atoms with Crippen LogP contribution in [0.25, 0.3) is 0 Å². The molecule has 5 heteroatoms.